The molecule has 0 unspecified atom stereocenters. The molecule has 0 atom stereocenters. The maximum atomic E-state index is 3.57. The summed E-state index contributed by atoms with van der Waals surface area (Å²) >= 11 is 0. The minimum Gasteiger partial charge on any atom is -0.389 e. The van der Waals surface area contributed by atoms with Crippen LogP contribution in [0.5, 0.6) is 0 Å². The predicted octanol–water partition coefficient (Wildman–Crippen LogP) is 8.32. The highest BCUT2D eigenvalue weighted by molar-refractivity contribution is 4.97. The monoisotopic (exact) mass is 349 g/mol. The quantitative estimate of drug-likeness (QED) is 0.182. The second kappa shape index (κ2) is 21.3. The molecule has 0 aromatic heterocycles. The van der Waals surface area contributed by atoms with Crippen LogP contribution in [0, 0.1) is 0 Å². The molecule has 0 aliphatic heterocycles. The van der Waals surface area contributed by atoms with Crippen molar-refractivity contribution in [2.45, 2.75) is 124 Å². The molecule has 0 radical (unpaired) electrons. The van der Waals surface area contributed by atoms with Gasteiger partial charge in [0, 0.05) is 12.2 Å². The summed E-state index contributed by atoms with van der Waals surface area (Å²) in [5, 5.41) is 3.57. The van der Waals surface area contributed by atoms with Gasteiger partial charge in [0.2, 0.25) is 0 Å². The first kappa shape index (κ1) is 24.3. The highest BCUT2D eigenvalue weighted by atomic mass is 14.9. The molecule has 148 valence electrons. The second-order valence-corrected chi connectivity index (χ2v) is 7.36. The lowest BCUT2D eigenvalue weighted by atomic mass is 10.1. The van der Waals surface area contributed by atoms with E-state index in [2.05, 4.69) is 44.3 Å². The molecular formula is C24H47N. The van der Waals surface area contributed by atoms with Gasteiger partial charge >= 0.3 is 0 Å². The minimum absolute atomic E-state index is 1.14. The van der Waals surface area contributed by atoms with Gasteiger partial charge < -0.3 is 5.32 Å². The number of hydrogen-bond donors (Lipinski definition) is 1. The molecule has 1 heteroatoms. The molecule has 0 heterocycles. The van der Waals surface area contributed by atoms with Gasteiger partial charge in [0.05, 0.1) is 0 Å². The Morgan fingerprint density at radius 2 is 1.16 bits per heavy atom. The van der Waals surface area contributed by atoms with Crippen molar-refractivity contribution in [1.29, 1.82) is 0 Å². The highest BCUT2D eigenvalue weighted by Crippen LogP contribution is 2.10. The zero-order valence-electron chi connectivity index (χ0n) is 17.8. The molecule has 0 amide bonds. The maximum absolute atomic E-state index is 3.57. The van der Waals surface area contributed by atoms with Crippen LogP contribution in [0.3, 0.4) is 0 Å². The summed E-state index contributed by atoms with van der Waals surface area (Å²) in [6, 6.07) is 0. The van der Waals surface area contributed by atoms with Crippen LogP contribution in [0.4, 0.5) is 0 Å². The first-order valence-corrected chi connectivity index (χ1v) is 11.4. The van der Waals surface area contributed by atoms with Crippen LogP contribution in [0.1, 0.15) is 124 Å². The van der Waals surface area contributed by atoms with E-state index in [1.54, 1.807) is 0 Å². The molecule has 0 rings (SSSR count). The van der Waals surface area contributed by atoms with Crippen molar-refractivity contribution in [2.75, 3.05) is 6.54 Å². The molecular weight excluding hydrogens is 302 g/mol. The first-order chi connectivity index (χ1) is 12.3. The summed E-state index contributed by atoms with van der Waals surface area (Å²) in [5.74, 6) is 0. The Morgan fingerprint density at radius 3 is 1.68 bits per heavy atom. The van der Waals surface area contributed by atoms with Crippen LogP contribution in [-0.2, 0) is 0 Å². The van der Waals surface area contributed by atoms with Gasteiger partial charge in [0.15, 0.2) is 0 Å². The Bertz CT molecular complexity index is 303. The summed E-state index contributed by atoms with van der Waals surface area (Å²) in [4.78, 5) is 0. The Kier molecular flexibility index (Phi) is 20.7. The molecule has 0 aromatic carbocycles. The lowest BCUT2D eigenvalue weighted by Gasteiger charge is -2.08. The number of allylic oxidation sites excluding steroid dienone is 4. The van der Waals surface area contributed by atoms with Crippen molar-refractivity contribution in [3.8, 4) is 0 Å². The fourth-order valence-corrected chi connectivity index (χ4v) is 3.21. The lowest BCUT2D eigenvalue weighted by molar-refractivity contribution is 0.581. The normalized spacial score (nSPS) is 12.2. The van der Waals surface area contributed by atoms with E-state index >= 15 is 0 Å². The second-order valence-electron chi connectivity index (χ2n) is 7.36. The number of hydrogen-bond acceptors (Lipinski definition) is 1. The summed E-state index contributed by atoms with van der Waals surface area (Å²) in [5.41, 5.74) is 1.43. The van der Waals surface area contributed by atoms with Gasteiger partial charge in [0.25, 0.3) is 0 Å². The van der Waals surface area contributed by atoms with E-state index < -0.39 is 0 Å². The van der Waals surface area contributed by atoms with Gasteiger partial charge in [-0.2, -0.15) is 0 Å². The molecule has 0 aliphatic rings. The van der Waals surface area contributed by atoms with Crippen molar-refractivity contribution >= 4 is 0 Å². The first-order valence-electron chi connectivity index (χ1n) is 11.4. The van der Waals surface area contributed by atoms with Crippen molar-refractivity contribution in [2.24, 2.45) is 0 Å². The largest absolute Gasteiger partial charge is 0.389 e. The Labute approximate surface area is 159 Å². The van der Waals surface area contributed by atoms with Crippen LogP contribution in [0.15, 0.2) is 23.9 Å². The third-order valence-corrected chi connectivity index (χ3v) is 4.87. The maximum Gasteiger partial charge on any atom is 0.0143 e. The van der Waals surface area contributed by atoms with Gasteiger partial charge in [-0.3, -0.25) is 0 Å². The molecule has 0 fully saturated rings. The van der Waals surface area contributed by atoms with E-state index in [-0.39, 0.29) is 0 Å². The fourth-order valence-electron chi connectivity index (χ4n) is 3.21. The lowest BCUT2D eigenvalue weighted by Crippen LogP contribution is -2.14. The van der Waals surface area contributed by atoms with E-state index in [0.717, 1.165) is 19.4 Å². The summed E-state index contributed by atoms with van der Waals surface area (Å²) in [6.07, 6.45) is 28.8. The van der Waals surface area contributed by atoms with Gasteiger partial charge in [-0.05, 0) is 44.9 Å². The van der Waals surface area contributed by atoms with Crippen LogP contribution in [0.2, 0.25) is 0 Å². The van der Waals surface area contributed by atoms with Crippen molar-refractivity contribution in [3.63, 3.8) is 0 Å². The van der Waals surface area contributed by atoms with Gasteiger partial charge in [0.1, 0.15) is 0 Å². The third kappa shape index (κ3) is 19.5. The molecule has 0 saturated carbocycles. The number of rotatable bonds is 19. The molecule has 1 nitrogen and oxygen atoms in total. The van der Waals surface area contributed by atoms with E-state index in [4.69, 9.17) is 0 Å². The SMILES string of the molecule is CCC=C(CC)NCCCCCCCC/C=C\CCCCCCCC. The predicted molar refractivity (Wildman–Crippen MR) is 116 cm³/mol. The summed E-state index contributed by atoms with van der Waals surface area (Å²) in [6.45, 7) is 7.88. The zero-order valence-corrected chi connectivity index (χ0v) is 17.8. The highest BCUT2D eigenvalue weighted by Gasteiger charge is 1.94. The van der Waals surface area contributed by atoms with E-state index in [0.29, 0.717) is 0 Å². The van der Waals surface area contributed by atoms with E-state index in [1.165, 1.54) is 95.6 Å². The standard InChI is InChI=1S/C24H47N/c1-4-7-8-9-10-11-12-13-14-15-16-17-18-19-20-21-23-25-24(6-3)22-5-2/h13-14,22,25H,4-12,15-21,23H2,1-3H3/b14-13-,24-22?. The van der Waals surface area contributed by atoms with Crippen LogP contribution in [-0.4, -0.2) is 6.54 Å². The van der Waals surface area contributed by atoms with Gasteiger partial charge in [-0.25, -0.2) is 0 Å². The van der Waals surface area contributed by atoms with E-state index in [9.17, 15) is 0 Å². The van der Waals surface area contributed by atoms with Crippen LogP contribution < -0.4 is 5.32 Å². The average Bonchev–Trinajstić information content (AvgIpc) is 2.63. The topological polar surface area (TPSA) is 12.0 Å². The molecule has 0 spiro atoms. The van der Waals surface area contributed by atoms with Crippen LogP contribution >= 0.6 is 0 Å². The zero-order chi connectivity index (χ0) is 18.4. The smallest absolute Gasteiger partial charge is 0.0143 e. The fraction of sp³-hybridized carbons (Fsp3) is 0.833. The summed E-state index contributed by atoms with van der Waals surface area (Å²) < 4.78 is 0. The summed E-state index contributed by atoms with van der Waals surface area (Å²) in [7, 11) is 0. The molecule has 25 heavy (non-hydrogen) atoms. The van der Waals surface area contributed by atoms with E-state index in [1.807, 2.05) is 0 Å². The Hall–Kier alpha value is -0.720. The Balaban J connectivity index is 3.20. The van der Waals surface area contributed by atoms with Crippen LogP contribution in [0.25, 0.3) is 0 Å². The minimum atomic E-state index is 1.14. The van der Waals surface area contributed by atoms with Crippen molar-refractivity contribution in [3.05, 3.63) is 23.9 Å². The number of unbranched alkanes of at least 4 members (excludes halogenated alkanes) is 12. The molecule has 1 N–H and O–H groups in total. The molecule has 0 aromatic rings. The average molecular weight is 350 g/mol. The molecule has 0 saturated heterocycles. The third-order valence-electron chi connectivity index (χ3n) is 4.87. The van der Waals surface area contributed by atoms with Crippen molar-refractivity contribution < 1.29 is 0 Å². The molecule has 0 aliphatic carbocycles. The van der Waals surface area contributed by atoms with Crippen molar-refractivity contribution in [1.82, 2.24) is 5.32 Å². The Morgan fingerprint density at radius 1 is 0.640 bits per heavy atom. The molecule has 0 bridgehead atoms. The van der Waals surface area contributed by atoms with Gasteiger partial charge in [-0.1, -0.05) is 96.8 Å². The number of nitrogens with one attached hydrogen (secondary N) is 1. The van der Waals surface area contributed by atoms with Gasteiger partial charge in [-0.15, -0.1) is 0 Å².